The van der Waals surface area contributed by atoms with Crippen LogP contribution < -0.4 is 10.2 Å². The number of nitrogens with one attached hydrogen (secondary N) is 2. The molecule has 0 radical (unpaired) electrons. The number of anilines is 1. The average Bonchev–Trinajstić information content (AvgIpc) is 3.60. The minimum Gasteiger partial charge on any atom is -0.391 e. The Morgan fingerprint density at radius 1 is 1.05 bits per heavy atom. The third kappa shape index (κ3) is 5.67. The van der Waals surface area contributed by atoms with E-state index in [2.05, 4.69) is 76.3 Å². The fourth-order valence-electron chi connectivity index (χ4n) is 5.67. The Morgan fingerprint density at radius 2 is 1.90 bits per heavy atom. The molecule has 0 bridgehead atoms. The fraction of sp³-hybridized carbons (Fsp3) is 0.394. The summed E-state index contributed by atoms with van der Waals surface area (Å²) in [5, 5.41) is 15.5. The molecule has 0 spiro atoms. The number of benzene rings is 1. The second-order valence-electron chi connectivity index (χ2n) is 11.1. The molecular formula is C33H39N7O. The number of hydrogen-bond acceptors (Lipinski definition) is 7. The number of aliphatic hydroxyl groups is 1. The minimum absolute atomic E-state index is 0.330. The molecule has 7 rings (SSSR count). The minimum atomic E-state index is -0.330. The lowest BCUT2D eigenvalue weighted by Gasteiger charge is -2.21. The predicted molar refractivity (Wildman–Crippen MR) is 166 cm³/mol. The van der Waals surface area contributed by atoms with E-state index in [-0.39, 0.29) is 6.10 Å². The molecule has 2 aliphatic rings. The van der Waals surface area contributed by atoms with Crippen molar-refractivity contribution >= 4 is 27.8 Å². The van der Waals surface area contributed by atoms with Crippen molar-refractivity contribution in [3.63, 3.8) is 0 Å². The van der Waals surface area contributed by atoms with Gasteiger partial charge >= 0.3 is 0 Å². The molecule has 2 fully saturated rings. The summed E-state index contributed by atoms with van der Waals surface area (Å²) in [7, 11) is 0. The van der Waals surface area contributed by atoms with Gasteiger partial charge in [-0.1, -0.05) is 38.1 Å². The first-order valence-corrected chi connectivity index (χ1v) is 14.9. The Morgan fingerprint density at radius 3 is 2.61 bits per heavy atom. The van der Waals surface area contributed by atoms with Crippen molar-refractivity contribution < 1.29 is 5.11 Å². The lowest BCUT2D eigenvalue weighted by atomic mass is 10.0. The molecule has 3 N–H and O–H groups in total. The maximum atomic E-state index is 10.3. The second kappa shape index (κ2) is 11.9. The lowest BCUT2D eigenvalue weighted by molar-refractivity contribution is 0.198. The summed E-state index contributed by atoms with van der Waals surface area (Å²) in [4.78, 5) is 25.0. The van der Waals surface area contributed by atoms with Crippen molar-refractivity contribution in [3.05, 3.63) is 66.1 Å². The van der Waals surface area contributed by atoms with Gasteiger partial charge in [-0.3, -0.25) is 4.98 Å². The number of aromatic amines is 1. The molecule has 1 unspecified atom stereocenters. The molecular weight excluding hydrogens is 510 g/mol. The zero-order chi connectivity index (χ0) is 28.3. The van der Waals surface area contributed by atoms with Crippen LogP contribution >= 0.6 is 0 Å². The first-order chi connectivity index (χ1) is 20.1. The van der Waals surface area contributed by atoms with E-state index in [1.807, 2.05) is 24.7 Å². The summed E-state index contributed by atoms with van der Waals surface area (Å²) in [5.74, 6) is 2.10. The van der Waals surface area contributed by atoms with E-state index in [1.54, 1.807) is 0 Å². The smallest absolute Gasteiger partial charge is 0.163 e. The third-order valence-corrected chi connectivity index (χ3v) is 7.98. The van der Waals surface area contributed by atoms with Gasteiger partial charge in [0, 0.05) is 53.1 Å². The van der Waals surface area contributed by atoms with Gasteiger partial charge in [0.25, 0.3) is 0 Å². The van der Waals surface area contributed by atoms with Gasteiger partial charge in [0.05, 0.1) is 17.8 Å². The number of rotatable bonds is 7. The number of H-pyrrole nitrogens is 1. The highest BCUT2D eigenvalue weighted by Crippen LogP contribution is 2.45. The molecule has 5 aromatic rings. The van der Waals surface area contributed by atoms with E-state index in [4.69, 9.17) is 9.97 Å². The van der Waals surface area contributed by atoms with E-state index in [0.29, 0.717) is 18.3 Å². The highest BCUT2D eigenvalue weighted by Gasteiger charge is 2.31. The van der Waals surface area contributed by atoms with Crippen molar-refractivity contribution in [1.29, 1.82) is 0 Å². The monoisotopic (exact) mass is 549 g/mol. The van der Waals surface area contributed by atoms with Crippen LogP contribution in [-0.2, 0) is 0 Å². The molecule has 4 aromatic heterocycles. The van der Waals surface area contributed by atoms with Crippen molar-refractivity contribution in [2.45, 2.75) is 58.5 Å². The largest absolute Gasteiger partial charge is 0.391 e. The summed E-state index contributed by atoms with van der Waals surface area (Å²) < 4.78 is 0. The zero-order valence-corrected chi connectivity index (χ0v) is 24.2. The fourth-order valence-corrected chi connectivity index (χ4v) is 5.67. The van der Waals surface area contributed by atoms with E-state index < -0.39 is 0 Å². The zero-order valence-electron chi connectivity index (χ0n) is 24.2. The van der Waals surface area contributed by atoms with E-state index in [9.17, 15) is 5.11 Å². The number of nitrogens with zero attached hydrogens (tertiary/aromatic N) is 5. The van der Waals surface area contributed by atoms with Gasteiger partial charge in [0.2, 0.25) is 0 Å². The Balaban J connectivity index is 0.000000458. The molecule has 8 heteroatoms. The highest BCUT2D eigenvalue weighted by molar-refractivity contribution is 5.98. The molecule has 1 aliphatic heterocycles. The molecule has 1 atom stereocenters. The van der Waals surface area contributed by atoms with Gasteiger partial charge in [0.15, 0.2) is 5.82 Å². The number of hydrogen-bond donors (Lipinski definition) is 3. The van der Waals surface area contributed by atoms with Crippen LogP contribution in [0.15, 0.2) is 55.0 Å². The molecule has 212 valence electrons. The van der Waals surface area contributed by atoms with Crippen molar-refractivity contribution in [1.82, 2.24) is 30.2 Å². The lowest BCUT2D eigenvalue weighted by Crippen LogP contribution is -2.23. The van der Waals surface area contributed by atoms with E-state index >= 15 is 0 Å². The Hall–Kier alpha value is -3.88. The predicted octanol–water partition coefficient (Wildman–Crippen LogP) is 6.00. The number of fused-ring (bicyclic) bond motifs is 2. The first-order valence-electron chi connectivity index (χ1n) is 14.9. The van der Waals surface area contributed by atoms with Gasteiger partial charge in [-0.25, -0.2) is 15.0 Å². The summed E-state index contributed by atoms with van der Waals surface area (Å²) in [6, 6.07) is 12.5. The molecule has 1 saturated heterocycles. The van der Waals surface area contributed by atoms with Gasteiger partial charge in [-0.05, 0) is 74.9 Å². The van der Waals surface area contributed by atoms with Crippen LogP contribution in [0.25, 0.3) is 44.6 Å². The molecule has 41 heavy (non-hydrogen) atoms. The SMILES string of the molecule is CCCNCC.Cc1ccccc1-c1cc2c(-c3nc(N4CCC(O)C4)c4c(C5CC5)cncc4n3)ccnc2[nH]1. The molecule has 1 aliphatic carbocycles. The standard InChI is InChI=1S/C28H26N6O.C5H13N/c1-16-4-2-3-5-19(16)23-12-21-20(8-10-30-26(21)31-23)27-32-24-14-29-13-22(17-6-7-17)25(24)28(33-27)34-11-9-18(35)15-34;1-3-5-6-4-2/h2-5,8,10,12-14,17-18,35H,6-7,9,11,15H2,1H3,(H,30,31);6H,3-5H2,1-2H3. The Labute approximate surface area is 241 Å². The number of β-amino-alcohol motifs (C(OH)–C–C–N with tert-alkyl or cyclic N) is 1. The number of aromatic nitrogens is 5. The molecule has 1 aromatic carbocycles. The van der Waals surface area contributed by atoms with Crippen molar-refractivity contribution in [2.24, 2.45) is 0 Å². The van der Waals surface area contributed by atoms with E-state index in [1.165, 1.54) is 30.4 Å². The summed E-state index contributed by atoms with van der Waals surface area (Å²) >= 11 is 0. The summed E-state index contributed by atoms with van der Waals surface area (Å²) in [5.41, 5.74) is 7.22. The van der Waals surface area contributed by atoms with Gasteiger partial charge < -0.3 is 20.3 Å². The average molecular weight is 550 g/mol. The quantitative estimate of drug-likeness (QED) is 0.214. The second-order valence-corrected chi connectivity index (χ2v) is 11.1. The van der Waals surface area contributed by atoms with Gasteiger partial charge in [0.1, 0.15) is 11.5 Å². The van der Waals surface area contributed by atoms with Crippen LogP contribution in [0.1, 0.15) is 56.6 Å². The molecule has 5 heterocycles. The molecule has 1 saturated carbocycles. The van der Waals surface area contributed by atoms with Gasteiger partial charge in [-0.15, -0.1) is 0 Å². The van der Waals surface area contributed by atoms with Crippen molar-refractivity contribution in [3.8, 4) is 22.6 Å². The van der Waals surface area contributed by atoms with Crippen LogP contribution in [0.2, 0.25) is 0 Å². The van der Waals surface area contributed by atoms with Gasteiger partial charge in [-0.2, -0.15) is 0 Å². The van der Waals surface area contributed by atoms with Crippen molar-refractivity contribution in [2.75, 3.05) is 31.1 Å². The van der Waals surface area contributed by atoms with Crippen LogP contribution in [0.4, 0.5) is 5.82 Å². The van der Waals surface area contributed by atoms with Crippen LogP contribution in [0, 0.1) is 6.92 Å². The Bertz CT molecular complexity index is 1650. The van der Waals surface area contributed by atoms with Crippen LogP contribution in [-0.4, -0.2) is 62.3 Å². The topological polar surface area (TPSA) is 103 Å². The summed E-state index contributed by atoms with van der Waals surface area (Å²) in [6.07, 6.45) is 9.66. The molecule has 8 nitrogen and oxygen atoms in total. The first kappa shape index (κ1) is 27.3. The number of aryl methyl sites for hydroxylation is 1. The highest BCUT2D eigenvalue weighted by atomic mass is 16.3. The van der Waals surface area contributed by atoms with E-state index in [0.717, 1.165) is 70.6 Å². The third-order valence-electron chi connectivity index (χ3n) is 7.98. The summed E-state index contributed by atoms with van der Waals surface area (Å²) in [6.45, 7) is 10.0. The normalized spacial score (nSPS) is 16.8. The number of aliphatic hydroxyl groups excluding tert-OH is 1. The Kier molecular flexibility index (Phi) is 7.94. The number of pyridine rings is 2. The maximum absolute atomic E-state index is 10.3. The molecule has 0 amide bonds. The van der Waals surface area contributed by atoms with Crippen LogP contribution in [0.5, 0.6) is 0 Å². The maximum Gasteiger partial charge on any atom is 0.163 e. The van der Waals surface area contributed by atoms with Crippen LogP contribution in [0.3, 0.4) is 0 Å².